The van der Waals surface area contributed by atoms with Gasteiger partial charge in [-0.05, 0) is 55.3 Å². The molecular weight excluding hydrogens is 266 g/mol. The van der Waals surface area contributed by atoms with Gasteiger partial charge < -0.3 is 9.84 Å². The number of carbonyl (C=O) groups is 1. The van der Waals surface area contributed by atoms with Crippen molar-refractivity contribution in [2.75, 3.05) is 7.11 Å². The lowest BCUT2D eigenvalue weighted by atomic mass is 9.89. The van der Waals surface area contributed by atoms with E-state index in [9.17, 15) is 9.90 Å². The number of benzene rings is 2. The van der Waals surface area contributed by atoms with Crippen LogP contribution in [0.2, 0.25) is 0 Å². The summed E-state index contributed by atoms with van der Waals surface area (Å²) in [6.07, 6.45) is 0. The highest BCUT2D eigenvalue weighted by molar-refractivity contribution is 5.87. The predicted molar refractivity (Wildman–Crippen MR) is 83.8 cm³/mol. The fraction of sp³-hybridized carbons (Fsp3) is 0.353. The summed E-state index contributed by atoms with van der Waals surface area (Å²) in [5.74, 6) is -0.0967. The summed E-state index contributed by atoms with van der Waals surface area (Å²) in [4.78, 5) is 11.7. The van der Waals surface area contributed by atoms with E-state index in [4.69, 9.17) is 4.74 Å². The van der Waals surface area contributed by atoms with Crippen LogP contribution in [0.25, 0.3) is 10.8 Å². The van der Waals surface area contributed by atoms with Gasteiger partial charge in [0, 0.05) is 6.04 Å². The van der Waals surface area contributed by atoms with Crippen LogP contribution in [0.3, 0.4) is 0 Å². The summed E-state index contributed by atoms with van der Waals surface area (Å²) in [6.45, 7) is 5.57. The second-order valence-electron chi connectivity index (χ2n) is 5.66. The van der Waals surface area contributed by atoms with Crippen LogP contribution < -0.4 is 10.1 Å². The van der Waals surface area contributed by atoms with Gasteiger partial charge in [-0.25, -0.2) is 4.79 Å². The first-order valence-corrected chi connectivity index (χ1v) is 6.96. The maximum atomic E-state index is 11.7. The van der Waals surface area contributed by atoms with E-state index in [1.54, 1.807) is 14.0 Å². The van der Waals surface area contributed by atoms with Gasteiger partial charge in [0.2, 0.25) is 0 Å². The van der Waals surface area contributed by atoms with Gasteiger partial charge in [-0.15, -0.1) is 0 Å². The third kappa shape index (κ3) is 3.00. The zero-order valence-electron chi connectivity index (χ0n) is 12.8. The Labute approximate surface area is 124 Å². The molecule has 0 aliphatic heterocycles. The highest BCUT2D eigenvalue weighted by Crippen LogP contribution is 2.28. The zero-order valence-corrected chi connectivity index (χ0v) is 12.8. The van der Waals surface area contributed by atoms with Crippen molar-refractivity contribution in [3.05, 3.63) is 42.0 Å². The van der Waals surface area contributed by atoms with E-state index in [0.717, 1.165) is 22.1 Å². The zero-order chi connectivity index (χ0) is 15.6. The van der Waals surface area contributed by atoms with Gasteiger partial charge in [-0.2, -0.15) is 0 Å². The number of hydrogen-bond donors (Lipinski definition) is 2. The Balaban J connectivity index is 2.52. The molecule has 2 aromatic carbocycles. The van der Waals surface area contributed by atoms with E-state index in [0.29, 0.717) is 0 Å². The first-order chi connectivity index (χ1) is 9.86. The first-order valence-electron chi connectivity index (χ1n) is 6.96. The molecule has 1 unspecified atom stereocenters. The van der Waals surface area contributed by atoms with Crippen LogP contribution in [-0.2, 0) is 10.3 Å². The molecule has 0 saturated carbocycles. The molecule has 0 bridgehead atoms. The van der Waals surface area contributed by atoms with Gasteiger partial charge in [-0.3, -0.25) is 5.32 Å². The van der Waals surface area contributed by atoms with Crippen LogP contribution in [0.4, 0.5) is 0 Å². The topological polar surface area (TPSA) is 58.6 Å². The van der Waals surface area contributed by atoms with Crippen LogP contribution in [0.15, 0.2) is 36.4 Å². The lowest BCUT2D eigenvalue weighted by Crippen LogP contribution is -2.49. The molecule has 0 aliphatic rings. The highest BCUT2D eigenvalue weighted by Gasteiger charge is 2.35. The number of fused-ring (bicyclic) bond motifs is 1. The van der Waals surface area contributed by atoms with Gasteiger partial charge in [0.1, 0.15) is 11.3 Å². The minimum atomic E-state index is -1.11. The Morgan fingerprint density at radius 1 is 1.19 bits per heavy atom. The number of aliphatic carboxylic acids is 1. The molecule has 0 amide bonds. The number of ether oxygens (including phenoxy) is 1. The van der Waals surface area contributed by atoms with Crippen molar-refractivity contribution in [2.24, 2.45) is 0 Å². The number of rotatable bonds is 5. The quantitative estimate of drug-likeness (QED) is 0.887. The van der Waals surface area contributed by atoms with Gasteiger partial charge in [-0.1, -0.05) is 18.2 Å². The standard InChI is InChI=1S/C17H21NO3/c1-11(2)18-17(3,16(19)20)14-7-5-13-10-15(21-4)8-6-12(13)9-14/h5-11,18H,1-4H3,(H,19,20). The number of nitrogens with one attached hydrogen (secondary N) is 1. The maximum absolute atomic E-state index is 11.7. The first kappa shape index (κ1) is 15.3. The molecule has 0 spiro atoms. The fourth-order valence-electron chi connectivity index (χ4n) is 2.51. The molecule has 0 radical (unpaired) electrons. The summed E-state index contributed by atoms with van der Waals surface area (Å²) in [5.41, 5.74) is -0.371. The molecule has 4 nitrogen and oxygen atoms in total. The molecule has 2 rings (SSSR count). The summed E-state index contributed by atoms with van der Waals surface area (Å²) in [6, 6.07) is 11.5. The van der Waals surface area contributed by atoms with Crippen molar-refractivity contribution < 1.29 is 14.6 Å². The predicted octanol–water partition coefficient (Wildman–Crippen LogP) is 3.15. The van der Waals surface area contributed by atoms with E-state index < -0.39 is 11.5 Å². The second kappa shape index (κ2) is 5.74. The Bertz CT molecular complexity index is 666. The maximum Gasteiger partial charge on any atom is 0.328 e. The molecule has 21 heavy (non-hydrogen) atoms. The summed E-state index contributed by atoms with van der Waals surface area (Å²) in [7, 11) is 1.63. The molecule has 1 atom stereocenters. The van der Waals surface area contributed by atoms with Crippen LogP contribution in [-0.4, -0.2) is 24.2 Å². The lowest BCUT2D eigenvalue weighted by molar-refractivity contribution is -0.144. The largest absolute Gasteiger partial charge is 0.497 e. The molecule has 2 N–H and O–H groups in total. The molecule has 0 fully saturated rings. The molecule has 2 aromatic rings. The molecule has 0 aromatic heterocycles. The summed E-state index contributed by atoms with van der Waals surface area (Å²) < 4.78 is 5.20. The van der Waals surface area contributed by atoms with Gasteiger partial charge >= 0.3 is 5.97 Å². The van der Waals surface area contributed by atoms with Crippen molar-refractivity contribution >= 4 is 16.7 Å². The molecule has 0 saturated heterocycles. The second-order valence-corrected chi connectivity index (χ2v) is 5.66. The van der Waals surface area contributed by atoms with Crippen molar-refractivity contribution in [3.8, 4) is 5.75 Å². The van der Waals surface area contributed by atoms with Crippen LogP contribution in [0.5, 0.6) is 5.75 Å². The Morgan fingerprint density at radius 2 is 1.81 bits per heavy atom. The Kier molecular flexibility index (Phi) is 4.19. The number of carboxylic acids is 1. The number of carboxylic acid groups (broad SMARTS) is 1. The number of methoxy groups -OCH3 is 1. The molecule has 0 aliphatic carbocycles. The van der Waals surface area contributed by atoms with Crippen LogP contribution in [0.1, 0.15) is 26.3 Å². The third-order valence-corrected chi connectivity index (χ3v) is 3.63. The molecule has 0 heterocycles. The van der Waals surface area contributed by atoms with E-state index in [1.807, 2.05) is 50.2 Å². The number of hydrogen-bond acceptors (Lipinski definition) is 3. The minimum Gasteiger partial charge on any atom is -0.497 e. The third-order valence-electron chi connectivity index (χ3n) is 3.63. The van der Waals surface area contributed by atoms with E-state index in [2.05, 4.69) is 5.32 Å². The van der Waals surface area contributed by atoms with E-state index in [-0.39, 0.29) is 6.04 Å². The van der Waals surface area contributed by atoms with Crippen molar-refractivity contribution in [1.29, 1.82) is 0 Å². The minimum absolute atomic E-state index is 0.0673. The molecular formula is C17H21NO3. The van der Waals surface area contributed by atoms with Crippen molar-refractivity contribution in [1.82, 2.24) is 5.32 Å². The monoisotopic (exact) mass is 287 g/mol. The summed E-state index contributed by atoms with van der Waals surface area (Å²) >= 11 is 0. The average Bonchev–Trinajstić information content (AvgIpc) is 2.45. The van der Waals surface area contributed by atoms with Crippen LogP contribution >= 0.6 is 0 Å². The highest BCUT2D eigenvalue weighted by atomic mass is 16.5. The lowest BCUT2D eigenvalue weighted by Gasteiger charge is -2.29. The van der Waals surface area contributed by atoms with E-state index >= 15 is 0 Å². The van der Waals surface area contributed by atoms with Crippen molar-refractivity contribution in [2.45, 2.75) is 32.4 Å². The van der Waals surface area contributed by atoms with Crippen LogP contribution in [0, 0.1) is 0 Å². The SMILES string of the molecule is COc1ccc2cc(C(C)(NC(C)C)C(=O)O)ccc2c1. The summed E-state index contributed by atoms with van der Waals surface area (Å²) in [5, 5.41) is 14.8. The normalized spacial score (nSPS) is 14.1. The van der Waals surface area contributed by atoms with Crippen molar-refractivity contribution in [3.63, 3.8) is 0 Å². The molecule has 112 valence electrons. The average molecular weight is 287 g/mol. The Morgan fingerprint density at radius 3 is 2.38 bits per heavy atom. The van der Waals surface area contributed by atoms with Gasteiger partial charge in [0.25, 0.3) is 0 Å². The Hall–Kier alpha value is -2.07. The smallest absolute Gasteiger partial charge is 0.328 e. The fourth-order valence-corrected chi connectivity index (χ4v) is 2.51. The van der Waals surface area contributed by atoms with Gasteiger partial charge in [0.05, 0.1) is 7.11 Å². The van der Waals surface area contributed by atoms with Gasteiger partial charge in [0.15, 0.2) is 0 Å². The van der Waals surface area contributed by atoms with E-state index in [1.165, 1.54) is 0 Å². The molecule has 4 heteroatoms.